The zero-order valence-electron chi connectivity index (χ0n) is 9.92. The van der Waals surface area contributed by atoms with Crippen molar-refractivity contribution in [2.24, 2.45) is 0 Å². The molecule has 2 N–H and O–H groups in total. The van der Waals surface area contributed by atoms with Crippen molar-refractivity contribution < 1.29 is 4.79 Å². The Morgan fingerprint density at radius 1 is 1.58 bits per heavy atom. The first-order chi connectivity index (χ1) is 8.95. The second-order valence-corrected chi connectivity index (χ2v) is 6.97. The highest BCUT2D eigenvalue weighted by atomic mass is 79.9. The van der Waals surface area contributed by atoms with Crippen LogP contribution in [-0.4, -0.2) is 10.9 Å². The highest BCUT2D eigenvalue weighted by Crippen LogP contribution is 2.26. The molecule has 0 bridgehead atoms. The fourth-order valence-electron chi connectivity index (χ4n) is 1.54. The van der Waals surface area contributed by atoms with Crippen molar-refractivity contribution in [3.63, 3.8) is 0 Å². The largest absolute Gasteiger partial charge is 0.341 e. The van der Waals surface area contributed by atoms with Gasteiger partial charge in [0.05, 0.1) is 12.1 Å². The number of aryl methyl sites for hydroxylation is 1. The number of aromatic amines is 1. The van der Waals surface area contributed by atoms with E-state index < -0.39 is 0 Å². The molecule has 2 rings (SSSR count). The van der Waals surface area contributed by atoms with Gasteiger partial charge in [-0.15, -0.1) is 11.3 Å². The van der Waals surface area contributed by atoms with E-state index in [1.807, 2.05) is 6.92 Å². The molecule has 0 saturated heterocycles. The second kappa shape index (κ2) is 6.17. The third kappa shape index (κ3) is 3.89. The van der Waals surface area contributed by atoms with Crippen molar-refractivity contribution in [2.75, 3.05) is 5.32 Å². The Balaban J connectivity index is 2.09. The molecule has 19 heavy (non-hydrogen) atoms. The molecule has 2 aromatic rings. The van der Waals surface area contributed by atoms with Crippen molar-refractivity contribution >= 4 is 62.7 Å². The van der Waals surface area contributed by atoms with Gasteiger partial charge in [-0.05, 0) is 53.3 Å². The van der Waals surface area contributed by atoms with Crippen LogP contribution in [0.5, 0.6) is 0 Å². The molecule has 0 spiro atoms. The minimum atomic E-state index is -0.0867. The molecule has 0 aliphatic heterocycles. The molecule has 1 amide bonds. The molecule has 0 fully saturated rings. The lowest BCUT2D eigenvalue weighted by atomic mass is 10.2. The zero-order chi connectivity index (χ0) is 14.0. The van der Waals surface area contributed by atoms with E-state index in [9.17, 15) is 4.79 Å². The molecule has 1 heterocycles. The summed E-state index contributed by atoms with van der Waals surface area (Å²) < 4.78 is 1.44. The predicted molar refractivity (Wildman–Crippen MR) is 85.7 cm³/mol. The van der Waals surface area contributed by atoms with E-state index in [4.69, 9.17) is 23.8 Å². The van der Waals surface area contributed by atoms with Crippen LogP contribution in [0.3, 0.4) is 0 Å². The van der Waals surface area contributed by atoms with E-state index >= 15 is 0 Å². The minimum absolute atomic E-state index is 0.0867. The number of benzene rings is 1. The SMILES string of the molecule is Cc1[nH]c(=S)sc1CC(=O)Nc1ccc(Cl)cc1Br. The minimum Gasteiger partial charge on any atom is -0.341 e. The lowest BCUT2D eigenvalue weighted by Gasteiger charge is -2.07. The smallest absolute Gasteiger partial charge is 0.229 e. The van der Waals surface area contributed by atoms with Gasteiger partial charge in [-0.3, -0.25) is 4.79 Å². The van der Waals surface area contributed by atoms with E-state index in [0.717, 1.165) is 15.0 Å². The average molecular weight is 378 g/mol. The number of carbonyl (C=O) groups is 1. The van der Waals surface area contributed by atoms with E-state index in [-0.39, 0.29) is 5.91 Å². The van der Waals surface area contributed by atoms with Crippen LogP contribution in [-0.2, 0) is 11.2 Å². The van der Waals surface area contributed by atoms with Crippen molar-refractivity contribution in [1.82, 2.24) is 4.98 Å². The molecule has 0 saturated carbocycles. The Morgan fingerprint density at radius 3 is 2.89 bits per heavy atom. The molecule has 0 unspecified atom stereocenters. The first-order valence-corrected chi connectivity index (χ1v) is 7.79. The van der Waals surface area contributed by atoms with Crippen LogP contribution in [0.15, 0.2) is 22.7 Å². The van der Waals surface area contributed by atoms with Gasteiger partial charge in [-0.1, -0.05) is 11.6 Å². The van der Waals surface area contributed by atoms with Gasteiger partial charge in [0, 0.05) is 20.1 Å². The number of anilines is 1. The van der Waals surface area contributed by atoms with Crippen LogP contribution < -0.4 is 5.32 Å². The first-order valence-electron chi connectivity index (χ1n) is 5.39. The molecule has 0 aliphatic rings. The van der Waals surface area contributed by atoms with Gasteiger partial charge in [0.1, 0.15) is 0 Å². The quantitative estimate of drug-likeness (QED) is 0.761. The maximum absolute atomic E-state index is 12.0. The van der Waals surface area contributed by atoms with Crippen LogP contribution in [0, 0.1) is 10.9 Å². The number of H-pyrrole nitrogens is 1. The summed E-state index contributed by atoms with van der Waals surface area (Å²) in [4.78, 5) is 15.9. The van der Waals surface area contributed by atoms with E-state index in [2.05, 4.69) is 26.2 Å². The highest BCUT2D eigenvalue weighted by Gasteiger charge is 2.10. The molecule has 3 nitrogen and oxygen atoms in total. The third-order valence-electron chi connectivity index (χ3n) is 2.45. The number of hydrogen-bond donors (Lipinski definition) is 2. The van der Waals surface area contributed by atoms with Gasteiger partial charge in [-0.25, -0.2) is 0 Å². The summed E-state index contributed by atoms with van der Waals surface area (Å²) in [5.74, 6) is -0.0867. The van der Waals surface area contributed by atoms with E-state index in [0.29, 0.717) is 21.1 Å². The predicted octanol–water partition coefficient (Wildman–Crippen LogP) is 4.71. The maximum Gasteiger partial charge on any atom is 0.229 e. The summed E-state index contributed by atoms with van der Waals surface area (Å²) in [6.45, 7) is 1.91. The normalized spacial score (nSPS) is 10.5. The fourth-order valence-corrected chi connectivity index (χ4v) is 3.61. The summed E-state index contributed by atoms with van der Waals surface area (Å²) >= 11 is 15.7. The number of rotatable bonds is 3. The summed E-state index contributed by atoms with van der Waals surface area (Å²) in [7, 11) is 0. The number of hydrogen-bond acceptors (Lipinski definition) is 3. The standard InChI is InChI=1S/C12H10BrClN2OS2/c1-6-10(19-12(18)15-6)5-11(17)16-9-3-2-7(14)4-8(9)13/h2-4H,5H2,1H3,(H,15,18)(H,16,17). The number of aromatic nitrogens is 1. The Bertz CT molecular complexity index is 681. The molecule has 1 aromatic heterocycles. The summed E-state index contributed by atoms with van der Waals surface area (Å²) in [6, 6.07) is 5.23. The number of thiazole rings is 1. The maximum atomic E-state index is 12.0. The monoisotopic (exact) mass is 376 g/mol. The molecule has 1 aromatic carbocycles. The van der Waals surface area contributed by atoms with Gasteiger partial charge in [0.2, 0.25) is 5.91 Å². The van der Waals surface area contributed by atoms with Crippen LogP contribution in [0.25, 0.3) is 0 Å². The number of nitrogens with one attached hydrogen (secondary N) is 2. The lowest BCUT2D eigenvalue weighted by Crippen LogP contribution is -2.14. The molecule has 0 aliphatic carbocycles. The Labute approximate surface area is 133 Å². The average Bonchev–Trinajstić information content (AvgIpc) is 2.61. The molecule has 7 heteroatoms. The van der Waals surface area contributed by atoms with Gasteiger partial charge in [-0.2, -0.15) is 0 Å². The second-order valence-electron chi connectivity index (χ2n) is 3.91. The van der Waals surface area contributed by atoms with Gasteiger partial charge >= 0.3 is 0 Å². The van der Waals surface area contributed by atoms with E-state index in [1.165, 1.54) is 11.3 Å². The molecule has 0 atom stereocenters. The summed E-state index contributed by atoms with van der Waals surface area (Å²) in [5.41, 5.74) is 1.64. The van der Waals surface area contributed by atoms with Crippen molar-refractivity contribution in [2.45, 2.75) is 13.3 Å². The fraction of sp³-hybridized carbons (Fsp3) is 0.167. The van der Waals surface area contributed by atoms with E-state index in [1.54, 1.807) is 18.2 Å². The van der Waals surface area contributed by atoms with Crippen molar-refractivity contribution in [3.05, 3.63) is 42.2 Å². The third-order valence-corrected chi connectivity index (χ3v) is 4.68. The van der Waals surface area contributed by atoms with Crippen molar-refractivity contribution in [3.8, 4) is 0 Å². The van der Waals surface area contributed by atoms with Crippen molar-refractivity contribution in [1.29, 1.82) is 0 Å². The van der Waals surface area contributed by atoms with Crippen LogP contribution in [0.4, 0.5) is 5.69 Å². The highest BCUT2D eigenvalue weighted by molar-refractivity contribution is 9.10. The van der Waals surface area contributed by atoms with Gasteiger partial charge in [0.25, 0.3) is 0 Å². The van der Waals surface area contributed by atoms with Gasteiger partial charge < -0.3 is 10.3 Å². The zero-order valence-corrected chi connectivity index (χ0v) is 13.9. The molecule has 100 valence electrons. The number of carbonyl (C=O) groups excluding carboxylic acids is 1. The van der Waals surface area contributed by atoms with Gasteiger partial charge in [0.15, 0.2) is 3.95 Å². The topological polar surface area (TPSA) is 44.9 Å². The Hall–Kier alpha value is -0.690. The van der Waals surface area contributed by atoms with Crippen LogP contribution >= 0.6 is 51.1 Å². The first kappa shape index (κ1) is 14.7. The number of amides is 1. The Morgan fingerprint density at radius 2 is 2.32 bits per heavy atom. The van der Waals surface area contributed by atoms with Crippen LogP contribution in [0.1, 0.15) is 10.6 Å². The Kier molecular flexibility index (Phi) is 4.78. The number of halogens is 2. The summed E-state index contributed by atoms with van der Waals surface area (Å²) in [6.07, 6.45) is 0.304. The molecular weight excluding hydrogens is 368 g/mol. The lowest BCUT2D eigenvalue weighted by molar-refractivity contribution is -0.115. The van der Waals surface area contributed by atoms with Crippen LogP contribution in [0.2, 0.25) is 5.02 Å². The molecular formula is C12H10BrClN2OS2. The summed E-state index contributed by atoms with van der Waals surface area (Å²) in [5, 5.41) is 3.45. The molecule has 0 radical (unpaired) electrons.